The Bertz CT molecular complexity index is 670. The van der Waals surface area contributed by atoms with Gasteiger partial charge in [-0.25, -0.2) is 13.6 Å². The van der Waals surface area contributed by atoms with Crippen LogP contribution in [0.5, 0.6) is 0 Å². The largest absolute Gasteiger partial charge is 0.478 e. The van der Waals surface area contributed by atoms with Gasteiger partial charge in [0.25, 0.3) is 0 Å². The Hall–Kier alpha value is -2.38. The molecular formula is C13H8F5NO2. The van der Waals surface area contributed by atoms with E-state index in [0.29, 0.717) is 12.3 Å². The summed E-state index contributed by atoms with van der Waals surface area (Å²) in [5, 5.41) is 8.76. The quantitative estimate of drug-likeness (QED) is 0.881. The fourth-order valence-electron chi connectivity index (χ4n) is 1.91. The highest BCUT2D eigenvalue weighted by Crippen LogP contribution is 2.32. The van der Waals surface area contributed by atoms with E-state index in [1.54, 1.807) is 0 Å². The summed E-state index contributed by atoms with van der Waals surface area (Å²) in [4.78, 5) is 10.8. The summed E-state index contributed by atoms with van der Waals surface area (Å²) in [6, 6.07) is 2.54. The number of hydrogen-bond acceptors (Lipinski definition) is 1. The van der Waals surface area contributed by atoms with Crippen molar-refractivity contribution in [3.63, 3.8) is 0 Å². The minimum absolute atomic E-state index is 0.0770. The topological polar surface area (TPSA) is 42.2 Å². The van der Waals surface area contributed by atoms with Crippen molar-refractivity contribution in [1.29, 1.82) is 0 Å². The molecule has 0 unspecified atom stereocenters. The average molecular weight is 305 g/mol. The van der Waals surface area contributed by atoms with Gasteiger partial charge >= 0.3 is 12.1 Å². The molecule has 1 heterocycles. The van der Waals surface area contributed by atoms with Crippen molar-refractivity contribution in [3.8, 4) is 0 Å². The molecule has 0 aliphatic carbocycles. The van der Waals surface area contributed by atoms with Crippen molar-refractivity contribution >= 4 is 5.97 Å². The van der Waals surface area contributed by atoms with E-state index in [-0.39, 0.29) is 12.1 Å². The van der Waals surface area contributed by atoms with Gasteiger partial charge in [0, 0.05) is 25.0 Å². The van der Waals surface area contributed by atoms with Crippen molar-refractivity contribution in [2.45, 2.75) is 12.7 Å². The number of aromatic nitrogens is 1. The van der Waals surface area contributed by atoms with Gasteiger partial charge in [0.05, 0.1) is 11.1 Å². The van der Waals surface area contributed by atoms with Crippen molar-refractivity contribution in [2.75, 3.05) is 0 Å². The number of carbonyl (C=O) groups is 1. The second-order valence-electron chi connectivity index (χ2n) is 4.34. The number of hydrogen-bond donors (Lipinski definition) is 1. The number of nitrogens with zero attached hydrogens (tertiary/aromatic N) is 1. The lowest BCUT2D eigenvalue weighted by molar-refractivity contribution is -0.138. The molecule has 0 aliphatic heterocycles. The molecule has 1 aromatic heterocycles. The number of benzene rings is 1. The lowest BCUT2D eigenvalue weighted by Gasteiger charge is -2.05. The van der Waals surface area contributed by atoms with Gasteiger partial charge in [0.1, 0.15) is 11.6 Å². The highest BCUT2D eigenvalue weighted by atomic mass is 19.4. The molecule has 1 aromatic carbocycles. The SMILES string of the molecule is O=C(O)c1cn(Cc2cc(F)cc(F)c2)cc1C(F)(F)F. The van der Waals surface area contributed by atoms with Gasteiger partial charge in [-0.05, 0) is 17.7 Å². The van der Waals surface area contributed by atoms with Crippen molar-refractivity contribution in [3.05, 3.63) is 58.9 Å². The Balaban J connectivity index is 2.39. The summed E-state index contributed by atoms with van der Waals surface area (Å²) in [6.07, 6.45) is -3.47. The highest BCUT2D eigenvalue weighted by Gasteiger charge is 2.36. The van der Waals surface area contributed by atoms with E-state index >= 15 is 0 Å². The fraction of sp³-hybridized carbons (Fsp3) is 0.154. The molecule has 0 atom stereocenters. The third kappa shape index (κ3) is 3.39. The average Bonchev–Trinajstić information content (AvgIpc) is 2.71. The maximum atomic E-state index is 13.0. The smallest absolute Gasteiger partial charge is 0.418 e. The Kier molecular flexibility index (Phi) is 3.71. The van der Waals surface area contributed by atoms with Crippen LogP contribution < -0.4 is 0 Å². The summed E-state index contributed by atoms with van der Waals surface area (Å²) < 4.78 is 65.0. The molecule has 0 fully saturated rings. The molecule has 0 saturated heterocycles. The minimum Gasteiger partial charge on any atom is -0.478 e. The third-order valence-corrected chi connectivity index (χ3v) is 2.70. The van der Waals surface area contributed by atoms with Crippen LogP contribution in [0.3, 0.4) is 0 Å². The molecule has 21 heavy (non-hydrogen) atoms. The van der Waals surface area contributed by atoms with E-state index in [1.807, 2.05) is 0 Å². The zero-order valence-electron chi connectivity index (χ0n) is 10.3. The van der Waals surface area contributed by atoms with Crippen LogP contribution in [0.1, 0.15) is 21.5 Å². The van der Waals surface area contributed by atoms with Gasteiger partial charge in [-0.15, -0.1) is 0 Å². The second kappa shape index (κ2) is 5.19. The van der Waals surface area contributed by atoms with Gasteiger partial charge in [0.15, 0.2) is 0 Å². The number of aromatic carboxylic acids is 1. The first-order chi connectivity index (χ1) is 9.66. The molecule has 2 rings (SSSR count). The highest BCUT2D eigenvalue weighted by molar-refractivity contribution is 5.89. The van der Waals surface area contributed by atoms with Crippen molar-refractivity contribution in [1.82, 2.24) is 4.57 Å². The van der Waals surface area contributed by atoms with Crippen LogP contribution in [0, 0.1) is 11.6 Å². The second-order valence-corrected chi connectivity index (χ2v) is 4.34. The van der Waals surface area contributed by atoms with Gasteiger partial charge in [-0.1, -0.05) is 0 Å². The van der Waals surface area contributed by atoms with Gasteiger partial charge in [-0.3, -0.25) is 0 Å². The predicted octanol–water partition coefficient (Wildman–Crippen LogP) is 3.53. The molecule has 0 bridgehead atoms. The molecule has 0 spiro atoms. The molecule has 0 aliphatic rings. The number of halogens is 5. The van der Waals surface area contributed by atoms with E-state index in [0.717, 1.165) is 22.9 Å². The normalized spacial score (nSPS) is 11.7. The number of alkyl halides is 3. The number of rotatable bonds is 3. The lowest BCUT2D eigenvalue weighted by Crippen LogP contribution is -2.09. The summed E-state index contributed by atoms with van der Waals surface area (Å²) in [5.74, 6) is -3.47. The lowest BCUT2D eigenvalue weighted by atomic mass is 10.2. The van der Waals surface area contributed by atoms with Crippen LogP contribution in [-0.2, 0) is 12.7 Å². The van der Waals surface area contributed by atoms with Crippen molar-refractivity contribution in [2.24, 2.45) is 0 Å². The summed E-state index contributed by atoms with van der Waals surface area (Å²) >= 11 is 0. The zero-order valence-corrected chi connectivity index (χ0v) is 10.3. The number of carboxylic acid groups (broad SMARTS) is 1. The van der Waals surface area contributed by atoms with E-state index < -0.39 is 34.9 Å². The van der Waals surface area contributed by atoms with Gasteiger partial charge in [-0.2, -0.15) is 13.2 Å². The summed E-state index contributed by atoms with van der Waals surface area (Å²) in [5.41, 5.74) is -2.15. The van der Waals surface area contributed by atoms with Crippen molar-refractivity contribution < 1.29 is 31.9 Å². The van der Waals surface area contributed by atoms with Crippen LogP contribution in [0.4, 0.5) is 22.0 Å². The monoisotopic (exact) mass is 305 g/mol. The van der Waals surface area contributed by atoms with E-state index in [1.165, 1.54) is 0 Å². The Morgan fingerprint density at radius 1 is 1.10 bits per heavy atom. The van der Waals surface area contributed by atoms with Crippen LogP contribution in [-0.4, -0.2) is 15.6 Å². The van der Waals surface area contributed by atoms with E-state index in [4.69, 9.17) is 5.11 Å². The number of carboxylic acids is 1. The first kappa shape index (κ1) is 15.0. The molecule has 0 amide bonds. The third-order valence-electron chi connectivity index (χ3n) is 2.70. The van der Waals surface area contributed by atoms with E-state index in [9.17, 15) is 26.7 Å². The minimum atomic E-state index is -4.83. The van der Waals surface area contributed by atoms with Gasteiger partial charge in [0.2, 0.25) is 0 Å². The standard InChI is InChI=1S/C13H8F5NO2/c14-8-1-7(2-9(15)3-8)4-19-5-10(12(20)21)11(6-19)13(16,17)18/h1-3,5-6H,4H2,(H,20,21). The Labute approximate surface area is 115 Å². The molecule has 0 radical (unpaired) electrons. The molecule has 8 heteroatoms. The summed E-state index contributed by atoms with van der Waals surface area (Å²) in [7, 11) is 0. The van der Waals surface area contributed by atoms with Crippen LogP contribution >= 0.6 is 0 Å². The van der Waals surface area contributed by atoms with E-state index in [2.05, 4.69) is 0 Å². The first-order valence-corrected chi connectivity index (χ1v) is 5.62. The fourth-order valence-corrected chi connectivity index (χ4v) is 1.91. The molecule has 2 aromatic rings. The molecule has 1 N–H and O–H groups in total. The summed E-state index contributed by atoms with van der Waals surface area (Å²) in [6.45, 7) is -0.287. The maximum Gasteiger partial charge on any atom is 0.418 e. The van der Waals surface area contributed by atoms with Crippen LogP contribution in [0.25, 0.3) is 0 Å². The van der Waals surface area contributed by atoms with Crippen LogP contribution in [0.2, 0.25) is 0 Å². The zero-order chi connectivity index (χ0) is 15.8. The molecule has 0 saturated carbocycles. The first-order valence-electron chi connectivity index (χ1n) is 5.62. The maximum absolute atomic E-state index is 13.0. The molecule has 112 valence electrons. The van der Waals surface area contributed by atoms with Gasteiger partial charge < -0.3 is 9.67 Å². The Morgan fingerprint density at radius 2 is 1.67 bits per heavy atom. The van der Waals surface area contributed by atoms with Crippen LogP contribution in [0.15, 0.2) is 30.6 Å². The predicted molar refractivity (Wildman–Crippen MR) is 61.9 cm³/mol. The molecule has 3 nitrogen and oxygen atoms in total. The Morgan fingerprint density at radius 3 is 2.10 bits per heavy atom. The molecular weight excluding hydrogens is 297 g/mol.